The standard InChI is InChI=1S/C15H20BrN3O3/c1-10(14(17)20)18-5-7-19(8-6-18)15(21)12-9-11(22-2)3-4-13(12)16/h3-4,9-10H,5-8H2,1-2H3,(H2,17,20). The van der Waals surface area contributed by atoms with Crippen molar-refractivity contribution in [3.05, 3.63) is 28.2 Å². The molecule has 22 heavy (non-hydrogen) atoms. The van der Waals surface area contributed by atoms with Crippen LogP contribution in [0.25, 0.3) is 0 Å². The number of hydrogen-bond acceptors (Lipinski definition) is 4. The largest absolute Gasteiger partial charge is 0.497 e. The molecule has 1 aromatic carbocycles. The van der Waals surface area contributed by atoms with Crippen molar-refractivity contribution in [3.63, 3.8) is 0 Å². The van der Waals surface area contributed by atoms with Gasteiger partial charge in [-0.25, -0.2) is 0 Å². The van der Waals surface area contributed by atoms with Crippen LogP contribution in [0.5, 0.6) is 5.75 Å². The van der Waals surface area contributed by atoms with Gasteiger partial charge in [0.25, 0.3) is 5.91 Å². The summed E-state index contributed by atoms with van der Waals surface area (Å²) in [6, 6.07) is 5.02. The second-order valence-electron chi connectivity index (χ2n) is 5.25. The van der Waals surface area contributed by atoms with Gasteiger partial charge in [0.05, 0.1) is 18.7 Å². The zero-order valence-corrected chi connectivity index (χ0v) is 14.3. The number of rotatable bonds is 4. The van der Waals surface area contributed by atoms with E-state index in [4.69, 9.17) is 10.5 Å². The molecule has 1 atom stereocenters. The van der Waals surface area contributed by atoms with E-state index >= 15 is 0 Å². The van der Waals surface area contributed by atoms with E-state index in [0.717, 1.165) is 4.47 Å². The van der Waals surface area contributed by atoms with Crippen molar-refractivity contribution in [2.75, 3.05) is 33.3 Å². The zero-order chi connectivity index (χ0) is 16.3. The first-order valence-electron chi connectivity index (χ1n) is 7.10. The highest BCUT2D eigenvalue weighted by atomic mass is 79.9. The molecule has 1 unspecified atom stereocenters. The number of methoxy groups -OCH3 is 1. The summed E-state index contributed by atoms with van der Waals surface area (Å²) in [6.07, 6.45) is 0. The molecule has 0 aliphatic carbocycles. The first kappa shape index (κ1) is 16.8. The number of benzene rings is 1. The third-order valence-electron chi connectivity index (χ3n) is 3.96. The van der Waals surface area contributed by atoms with E-state index in [9.17, 15) is 9.59 Å². The summed E-state index contributed by atoms with van der Waals surface area (Å²) in [5.41, 5.74) is 5.90. The molecule has 2 amide bonds. The Morgan fingerprint density at radius 3 is 2.45 bits per heavy atom. The van der Waals surface area contributed by atoms with Crippen molar-refractivity contribution in [1.29, 1.82) is 0 Å². The number of primary amides is 1. The van der Waals surface area contributed by atoms with E-state index < -0.39 is 0 Å². The monoisotopic (exact) mass is 369 g/mol. The minimum atomic E-state index is -0.338. The molecular formula is C15H20BrN3O3. The van der Waals surface area contributed by atoms with E-state index in [0.29, 0.717) is 37.5 Å². The second kappa shape index (κ2) is 7.11. The molecule has 2 N–H and O–H groups in total. The molecule has 1 heterocycles. The van der Waals surface area contributed by atoms with Gasteiger partial charge < -0.3 is 15.4 Å². The van der Waals surface area contributed by atoms with Crippen LogP contribution in [-0.4, -0.2) is 60.9 Å². The van der Waals surface area contributed by atoms with E-state index in [-0.39, 0.29) is 17.9 Å². The SMILES string of the molecule is COc1ccc(Br)c(C(=O)N2CCN(C(C)C(N)=O)CC2)c1. The van der Waals surface area contributed by atoms with Crippen molar-refractivity contribution in [3.8, 4) is 5.75 Å². The Labute approximate surface area is 138 Å². The van der Waals surface area contributed by atoms with Gasteiger partial charge in [-0.05, 0) is 41.1 Å². The maximum atomic E-state index is 12.6. The first-order chi connectivity index (χ1) is 10.4. The van der Waals surface area contributed by atoms with Crippen molar-refractivity contribution in [2.45, 2.75) is 13.0 Å². The maximum absolute atomic E-state index is 12.6. The topological polar surface area (TPSA) is 75.9 Å². The highest BCUT2D eigenvalue weighted by molar-refractivity contribution is 9.10. The van der Waals surface area contributed by atoms with Crippen LogP contribution in [0.4, 0.5) is 0 Å². The zero-order valence-electron chi connectivity index (χ0n) is 12.7. The second-order valence-corrected chi connectivity index (χ2v) is 6.11. The summed E-state index contributed by atoms with van der Waals surface area (Å²) < 4.78 is 5.91. The van der Waals surface area contributed by atoms with Gasteiger partial charge in [-0.1, -0.05) is 0 Å². The number of piperazine rings is 1. The van der Waals surface area contributed by atoms with Crippen molar-refractivity contribution in [2.24, 2.45) is 5.73 Å². The molecule has 1 aliphatic rings. The summed E-state index contributed by atoms with van der Waals surface area (Å²) >= 11 is 3.41. The molecule has 1 aromatic rings. The van der Waals surface area contributed by atoms with Crippen LogP contribution in [0.2, 0.25) is 0 Å². The van der Waals surface area contributed by atoms with E-state index in [2.05, 4.69) is 15.9 Å². The van der Waals surface area contributed by atoms with Crippen LogP contribution >= 0.6 is 15.9 Å². The Hall–Kier alpha value is -1.60. The minimum Gasteiger partial charge on any atom is -0.497 e. The van der Waals surface area contributed by atoms with Gasteiger partial charge in [-0.2, -0.15) is 0 Å². The minimum absolute atomic E-state index is 0.0443. The van der Waals surface area contributed by atoms with Crippen LogP contribution in [0.15, 0.2) is 22.7 Å². The van der Waals surface area contributed by atoms with E-state index in [1.54, 1.807) is 37.1 Å². The lowest BCUT2D eigenvalue weighted by Crippen LogP contribution is -2.54. The number of amides is 2. The summed E-state index contributed by atoms with van der Waals surface area (Å²) in [7, 11) is 1.57. The summed E-state index contributed by atoms with van der Waals surface area (Å²) in [5.74, 6) is 0.264. The predicted octanol–water partition coefficient (Wildman–Crippen LogP) is 1.09. The van der Waals surface area contributed by atoms with Crippen LogP contribution < -0.4 is 10.5 Å². The molecule has 7 heteroatoms. The van der Waals surface area contributed by atoms with Gasteiger partial charge in [-0.15, -0.1) is 0 Å². The lowest BCUT2D eigenvalue weighted by Gasteiger charge is -2.37. The Morgan fingerprint density at radius 1 is 1.27 bits per heavy atom. The smallest absolute Gasteiger partial charge is 0.255 e. The van der Waals surface area contributed by atoms with Crippen LogP contribution in [-0.2, 0) is 4.79 Å². The molecule has 1 fully saturated rings. The van der Waals surface area contributed by atoms with E-state index in [1.165, 1.54) is 0 Å². The third kappa shape index (κ3) is 3.59. The van der Waals surface area contributed by atoms with Crippen LogP contribution in [0.1, 0.15) is 17.3 Å². The lowest BCUT2D eigenvalue weighted by atomic mass is 10.1. The van der Waals surface area contributed by atoms with Gasteiger partial charge >= 0.3 is 0 Å². The van der Waals surface area contributed by atoms with Crippen molar-refractivity contribution >= 4 is 27.7 Å². The summed E-state index contributed by atoms with van der Waals surface area (Å²) in [4.78, 5) is 27.6. The molecule has 0 radical (unpaired) electrons. The molecule has 0 bridgehead atoms. The van der Waals surface area contributed by atoms with E-state index in [1.807, 2.05) is 4.90 Å². The molecule has 2 rings (SSSR count). The number of halogens is 1. The average Bonchev–Trinajstić information content (AvgIpc) is 2.54. The Balaban J connectivity index is 2.05. The maximum Gasteiger partial charge on any atom is 0.255 e. The highest BCUT2D eigenvalue weighted by Crippen LogP contribution is 2.24. The van der Waals surface area contributed by atoms with Gasteiger partial charge in [0.1, 0.15) is 5.75 Å². The van der Waals surface area contributed by atoms with Crippen molar-refractivity contribution in [1.82, 2.24) is 9.80 Å². The Morgan fingerprint density at radius 2 is 1.91 bits per heavy atom. The number of ether oxygens (including phenoxy) is 1. The summed E-state index contributed by atoms with van der Waals surface area (Å²) in [5, 5.41) is 0. The number of carbonyl (C=O) groups is 2. The molecule has 6 nitrogen and oxygen atoms in total. The number of carbonyl (C=O) groups excluding carboxylic acids is 2. The fraction of sp³-hybridized carbons (Fsp3) is 0.467. The third-order valence-corrected chi connectivity index (χ3v) is 4.66. The van der Waals surface area contributed by atoms with Gasteiger partial charge in [-0.3, -0.25) is 14.5 Å². The lowest BCUT2D eigenvalue weighted by molar-refractivity contribution is -0.123. The quantitative estimate of drug-likeness (QED) is 0.861. The average molecular weight is 370 g/mol. The molecule has 0 saturated carbocycles. The van der Waals surface area contributed by atoms with Gasteiger partial charge in [0, 0.05) is 30.7 Å². The van der Waals surface area contributed by atoms with Crippen LogP contribution in [0.3, 0.4) is 0 Å². The van der Waals surface area contributed by atoms with Gasteiger partial charge in [0.2, 0.25) is 5.91 Å². The fourth-order valence-corrected chi connectivity index (χ4v) is 2.87. The predicted molar refractivity (Wildman–Crippen MR) is 86.8 cm³/mol. The highest BCUT2D eigenvalue weighted by Gasteiger charge is 2.27. The molecule has 120 valence electrons. The Kier molecular flexibility index (Phi) is 5.42. The molecule has 0 spiro atoms. The molecule has 1 aliphatic heterocycles. The first-order valence-corrected chi connectivity index (χ1v) is 7.89. The number of nitrogens with zero attached hydrogens (tertiary/aromatic N) is 2. The van der Waals surface area contributed by atoms with Crippen molar-refractivity contribution < 1.29 is 14.3 Å². The Bertz CT molecular complexity index is 571. The molecular weight excluding hydrogens is 350 g/mol. The van der Waals surface area contributed by atoms with Gasteiger partial charge in [0.15, 0.2) is 0 Å². The molecule has 0 aromatic heterocycles. The number of nitrogens with two attached hydrogens (primary N) is 1. The number of hydrogen-bond donors (Lipinski definition) is 1. The fourth-order valence-electron chi connectivity index (χ4n) is 2.46. The van der Waals surface area contributed by atoms with Crippen LogP contribution in [0, 0.1) is 0 Å². The summed E-state index contributed by atoms with van der Waals surface area (Å²) in [6.45, 7) is 4.20. The molecule has 1 saturated heterocycles. The normalized spacial score (nSPS) is 17.1.